The third-order valence-corrected chi connectivity index (χ3v) is 6.70. The molecule has 0 atom stereocenters. The van der Waals surface area contributed by atoms with Crippen molar-refractivity contribution < 1.29 is 4.79 Å². The first-order valence-electron chi connectivity index (χ1n) is 11.0. The summed E-state index contributed by atoms with van der Waals surface area (Å²) >= 11 is 3.49. The summed E-state index contributed by atoms with van der Waals surface area (Å²) in [6.07, 6.45) is 2.75. The number of rotatable bonds is 5. The molecular formula is C25H26BrN5O. The summed E-state index contributed by atoms with van der Waals surface area (Å²) in [6, 6.07) is 16.6. The molecule has 0 saturated carbocycles. The molecule has 1 amide bonds. The van der Waals surface area contributed by atoms with Gasteiger partial charge in [0.2, 0.25) is 5.96 Å². The minimum absolute atomic E-state index is 0.0939. The second kappa shape index (κ2) is 9.00. The number of benzene rings is 2. The summed E-state index contributed by atoms with van der Waals surface area (Å²) in [5, 5.41) is 0. The highest BCUT2D eigenvalue weighted by Gasteiger charge is 2.40. The second-order valence-corrected chi connectivity index (χ2v) is 9.29. The summed E-state index contributed by atoms with van der Waals surface area (Å²) in [5.74, 6) is 0.910. The number of carbonyl (C=O) groups is 1. The Balaban J connectivity index is 1.37. The third kappa shape index (κ3) is 4.14. The van der Waals surface area contributed by atoms with Gasteiger partial charge in [0.15, 0.2) is 0 Å². The first-order chi connectivity index (χ1) is 15.6. The van der Waals surface area contributed by atoms with Crippen LogP contribution >= 0.6 is 15.9 Å². The Morgan fingerprint density at radius 1 is 1.09 bits per heavy atom. The van der Waals surface area contributed by atoms with E-state index in [2.05, 4.69) is 72.1 Å². The highest BCUT2D eigenvalue weighted by atomic mass is 79.9. The number of carbonyl (C=O) groups excluding carboxylic acids is 1. The van der Waals surface area contributed by atoms with Gasteiger partial charge in [-0.3, -0.25) is 24.6 Å². The van der Waals surface area contributed by atoms with Crippen LogP contribution < -0.4 is 0 Å². The number of halogens is 1. The van der Waals surface area contributed by atoms with Gasteiger partial charge in [0.25, 0.3) is 5.91 Å². The van der Waals surface area contributed by atoms with Gasteiger partial charge in [-0.1, -0.05) is 46.3 Å². The molecule has 0 unspecified atom stereocenters. The summed E-state index contributed by atoms with van der Waals surface area (Å²) in [7, 11) is 1.79. The van der Waals surface area contributed by atoms with Crippen LogP contribution in [0, 0.1) is 0 Å². The highest BCUT2D eigenvalue weighted by molar-refractivity contribution is 9.10. The number of fused-ring (bicyclic) bond motifs is 2. The van der Waals surface area contributed by atoms with Crippen molar-refractivity contribution in [1.82, 2.24) is 14.7 Å². The van der Waals surface area contributed by atoms with Gasteiger partial charge in [0, 0.05) is 56.0 Å². The van der Waals surface area contributed by atoms with Crippen LogP contribution in [-0.4, -0.2) is 66.0 Å². The summed E-state index contributed by atoms with van der Waals surface area (Å²) in [4.78, 5) is 28.9. The topological polar surface area (TPSA) is 51.5 Å². The zero-order valence-corrected chi connectivity index (χ0v) is 19.8. The van der Waals surface area contributed by atoms with Crippen LogP contribution in [0.2, 0.25) is 0 Å². The zero-order chi connectivity index (χ0) is 22.1. The van der Waals surface area contributed by atoms with Crippen molar-refractivity contribution in [2.24, 2.45) is 9.98 Å². The van der Waals surface area contributed by atoms with Crippen LogP contribution in [0.5, 0.6) is 0 Å². The maximum absolute atomic E-state index is 13.6. The van der Waals surface area contributed by atoms with E-state index in [9.17, 15) is 4.79 Å². The van der Waals surface area contributed by atoms with Gasteiger partial charge in [0.05, 0.1) is 18.7 Å². The fourth-order valence-corrected chi connectivity index (χ4v) is 4.97. The van der Waals surface area contributed by atoms with Crippen LogP contribution in [0.25, 0.3) is 0 Å². The van der Waals surface area contributed by atoms with Crippen molar-refractivity contribution in [3.8, 4) is 0 Å². The molecular weight excluding hydrogens is 466 g/mol. The van der Waals surface area contributed by atoms with Crippen molar-refractivity contribution in [2.45, 2.75) is 19.5 Å². The first kappa shape index (κ1) is 21.1. The minimum atomic E-state index is 0.0939. The van der Waals surface area contributed by atoms with Crippen LogP contribution in [0.15, 0.2) is 74.3 Å². The Hall–Kier alpha value is -2.77. The van der Waals surface area contributed by atoms with E-state index in [0.717, 1.165) is 59.7 Å². The van der Waals surface area contributed by atoms with Crippen LogP contribution in [0.1, 0.15) is 23.1 Å². The van der Waals surface area contributed by atoms with Crippen LogP contribution in [0.4, 0.5) is 0 Å². The number of hydrogen-bond acceptors (Lipinski definition) is 5. The lowest BCUT2D eigenvalue weighted by molar-refractivity contribution is -0.125. The van der Waals surface area contributed by atoms with Gasteiger partial charge in [-0.2, -0.15) is 0 Å². The van der Waals surface area contributed by atoms with Gasteiger partial charge in [-0.25, -0.2) is 0 Å². The van der Waals surface area contributed by atoms with Gasteiger partial charge < -0.3 is 4.90 Å². The zero-order valence-electron chi connectivity index (χ0n) is 18.2. The third-order valence-electron chi connectivity index (χ3n) is 6.17. The van der Waals surface area contributed by atoms with Gasteiger partial charge in [-0.05, 0) is 34.9 Å². The predicted molar refractivity (Wildman–Crippen MR) is 131 cm³/mol. The Kier molecular flexibility index (Phi) is 5.93. The Labute approximate surface area is 197 Å². The molecule has 0 aliphatic carbocycles. The Bertz CT molecular complexity index is 1120. The van der Waals surface area contributed by atoms with E-state index in [4.69, 9.17) is 0 Å². The summed E-state index contributed by atoms with van der Waals surface area (Å²) in [6.45, 7) is 4.57. The maximum Gasteiger partial charge on any atom is 0.259 e. The van der Waals surface area contributed by atoms with E-state index >= 15 is 0 Å². The quantitative estimate of drug-likeness (QED) is 0.599. The molecule has 0 spiro atoms. The second-order valence-electron chi connectivity index (χ2n) is 8.37. The van der Waals surface area contributed by atoms with E-state index in [0.29, 0.717) is 13.1 Å². The molecule has 7 heteroatoms. The smallest absolute Gasteiger partial charge is 0.259 e. The average molecular weight is 492 g/mol. The normalized spacial score (nSPS) is 18.9. The largest absolute Gasteiger partial charge is 0.314 e. The lowest BCUT2D eigenvalue weighted by Crippen LogP contribution is -2.53. The van der Waals surface area contributed by atoms with E-state index < -0.39 is 0 Å². The molecule has 6 nitrogen and oxygen atoms in total. The van der Waals surface area contributed by atoms with Crippen LogP contribution in [-0.2, 0) is 17.9 Å². The van der Waals surface area contributed by atoms with Gasteiger partial charge >= 0.3 is 0 Å². The molecule has 5 rings (SSSR count). The molecule has 0 radical (unpaired) electrons. The average Bonchev–Trinajstić information content (AvgIpc) is 3.28. The Morgan fingerprint density at radius 2 is 1.94 bits per heavy atom. The van der Waals surface area contributed by atoms with Gasteiger partial charge in [0.1, 0.15) is 0 Å². The number of guanidine groups is 1. The van der Waals surface area contributed by atoms with E-state index in [1.807, 2.05) is 23.2 Å². The number of hydrogen-bond donors (Lipinski definition) is 0. The summed E-state index contributed by atoms with van der Waals surface area (Å²) in [5.41, 5.74) is 5.53. The number of amides is 1. The molecule has 0 fully saturated rings. The Morgan fingerprint density at radius 3 is 2.75 bits per heavy atom. The van der Waals surface area contributed by atoms with Crippen molar-refractivity contribution >= 4 is 34.0 Å². The first-order valence-corrected chi connectivity index (χ1v) is 11.8. The monoisotopic (exact) mass is 491 g/mol. The molecule has 3 heterocycles. The molecule has 32 heavy (non-hydrogen) atoms. The number of aliphatic imine (C=N–C) groups is 2. The fourth-order valence-electron chi connectivity index (χ4n) is 4.70. The van der Waals surface area contributed by atoms with Crippen molar-refractivity contribution in [2.75, 3.05) is 33.2 Å². The number of nitrogens with zero attached hydrogens (tertiary/aromatic N) is 5. The van der Waals surface area contributed by atoms with Crippen molar-refractivity contribution in [3.05, 3.63) is 81.0 Å². The lowest BCUT2D eigenvalue weighted by atomic mass is 9.99. The molecule has 3 aliphatic heterocycles. The standard InChI is InChI=1S/C25H26BrN5O/c1-27-14-19-3-2-4-20(13-19)15-29-11-9-23-22(17-29)24(32)31(25-28-10-12-30(23)25)16-18-5-7-21(26)8-6-18/h2-8,13-14H,9-12,15-17H2,1H3/b27-14-. The highest BCUT2D eigenvalue weighted by Crippen LogP contribution is 2.32. The fraction of sp³-hybridized carbons (Fsp3) is 0.320. The van der Waals surface area contributed by atoms with Gasteiger partial charge in [-0.15, -0.1) is 0 Å². The van der Waals surface area contributed by atoms with E-state index in [1.165, 1.54) is 11.3 Å². The maximum atomic E-state index is 13.6. The molecule has 0 aromatic heterocycles. The molecule has 0 bridgehead atoms. The summed E-state index contributed by atoms with van der Waals surface area (Å²) < 4.78 is 1.04. The molecule has 0 N–H and O–H groups in total. The van der Waals surface area contributed by atoms with E-state index in [-0.39, 0.29) is 5.91 Å². The van der Waals surface area contributed by atoms with Crippen molar-refractivity contribution in [1.29, 1.82) is 0 Å². The minimum Gasteiger partial charge on any atom is -0.314 e. The molecule has 0 saturated heterocycles. The lowest BCUT2D eigenvalue weighted by Gasteiger charge is -2.42. The molecule has 2 aromatic carbocycles. The van der Waals surface area contributed by atoms with E-state index in [1.54, 1.807) is 7.05 Å². The predicted octanol–water partition coefficient (Wildman–Crippen LogP) is 3.67. The van der Waals surface area contributed by atoms with Crippen LogP contribution in [0.3, 0.4) is 0 Å². The molecule has 2 aromatic rings. The molecule has 164 valence electrons. The SMILES string of the molecule is C/N=C\c1cccc(CN2CCC3=C(C2)C(=O)N(Cc2ccc(Br)cc2)C2=NCCN23)c1. The van der Waals surface area contributed by atoms with Crippen molar-refractivity contribution in [3.63, 3.8) is 0 Å². The molecule has 3 aliphatic rings.